The van der Waals surface area contributed by atoms with E-state index < -0.39 is 11.8 Å². The van der Waals surface area contributed by atoms with Crippen LogP contribution in [0.15, 0.2) is 36.4 Å². The van der Waals surface area contributed by atoms with Crippen molar-refractivity contribution in [3.8, 4) is 0 Å². The number of hydrogen-bond donors (Lipinski definition) is 2. The van der Waals surface area contributed by atoms with Gasteiger partial charge >= 0.3 is 11.8 Å². The van der Waals surface area contributed by atoms with E-state index in [1.165, 1.54) is 0 Å². The molecule has 0 fully saturated rings. The fourth-order valence-electron chi connectivity index (χ4n) is 2.70. The Kier molecular flexibility index (Phi) is 6.64. The van der Waals surface area contributed by atoms with E-state index in [9.17, 15) is 9.59 Å². The Balaban J connectivity index is 2.08. The van der Waals surface area contributed by atoms with E-state index in [1.807, 2.05) is 32.0 Å². The van der Waals surface area contributed by atoms with Gasteiger partial charge in [-0.2, -0.15) is 0 Å². The molecule has 0 heterocycles. The van der Waals surface area contributed by atoms with Crippen molar-refractivity contribution in [1.82, 2.24) is 0 Å². The molecule has 0 saturated carbocycles. The minimum absolute atomic E-state index is 0.558. The molecule has 0 aliphatic carbocycles. The maximum absolute atomic E-state index is 12.2. The molecule has 26 heavy (non-hydrogen) atoms. The largest absolute Gasteiger partial charge is 0.372 e. The predicted octanol–water partition coefficient (Wildman–Crippen LogP) is 4.38. The molecule has 2 aromatic rings. The zero-order valence-corrected chi connectivity index (χ0v) is 16.3. The second-order valence-corrected chi connectivity index (χ2v) is 6.48. The predicted molar refractivity (Wildman–Crippen MR) is 108 cm³/mol. The zero-order chi connectivity index (χ0) is 19.3. The molecule has 0 aliphatic heterocycles. The number of carbonyl (C=O) groups is 2. The van der Waals surface area contributed by atoms with E-state index >= 15 is 0 Å². The number of nitrogens with zero attached hydrogens (tertiary/aromatic N) is 1. The third-order valence-corrected chi connectivity index (χ3v) is 4.46. The Hall–Kier alpha value is -2.53. The fraction of sp³-hybridized carbons (Fsp3) is 0.300. The maximum Gasteiger partial charge on any atom is 0.314 e. The summed E-state index contributed by atoms with van der Waals surface area (Å²) in [6, 6.07) is 10.8. The molecule has 0 atom stereocenters. The van der Waals surface area contributed by atoms with Crippen LogP contribution < -0.4 is 15.5 Å². The third kappa shape index (κ3) is 4.76. The first-order valence-corrected chi connectivity index (χ1v) is 8.97. The summed E-state index contributed by atoms with van der Waals surface area (Å²) in [5, 5.41) is 5.85. The summed E-state index contributed by atoms with van der Waals surface area (Å²) < 4.78 is 0. The van der Waals surface area contributed by atoms with E-state index in [4.69, 9.17) is 11.6 Å². The van der Waals surface area contributed by atoms with Crippen LogP contribution in [0.25, 0.3) is 0 Å². The zero-order valence-electron chi connectivity index (χ0n) is 15.5. The molecule has 2 amide bonds. The molecule has 0 saturated heterocycles. The molecule has 0 aromatic heterocycles. The van der Waals surface area contributed by atoms with Gasteiger partial charge in [0.2, 0.25) is 0 Å². The Morgan fingerprint density at radius 2 is 1.38 bits per heavy atom. The highest BCUT2D eigenvalue weighted by molar-refractivity contribution is 6.43. The molecule has 0 aliphatic rings. The van der Waals surface area contributed by atoms with Crippen LogP contribution in [0.5, 0.6) is 0 Å². The SMILES string of the molecule is CCN(CC)c1ccc(NC(=O)C(=O)Nc2ccc(Cl)cc2C)c(C)c1. The Bertz CT molecular complexity index is 817. The number of rotatable bonds is 5. The van der Waals surface area contributed by atoms with Crippen molar-refractivity contribution in [3.05, 3.63) is 52.5 Å². The van der Waals surface area contributed by atoms with Crippen LogP contribution in [0.3, 0.4) is 0 Å². The van der Waals surface area contributed by atoms with E-state index in [1.54, 1.807) is 18.2 Å². The van der Waals surface area contributed by atoms with Crippen LogP contribution in [0.2, 0.25) is 5.02 Å². The second-order valence-electron chi connectivity index (χ2n) is 6.04. The van der Waals surface area contributed by atoms with E-state index in [0.29, 0.717) is 16.4 Å². The molecule has 0 unspecified atom stereocenters. The van der Waals surface area contributed by atoms with Crippen LogP contribution in [0.4, 0.5) is 17.1 Å². The van der Waals surface area contributed by atoms with Gasteiger partial charge in [0.1, 0.15) is 0 Å². The minimum atomic E-state index is -0.720. The molecule has 2 N–H and O–H groups in total. The van der Waals surface area contributed by atoms with Crippen LogP contribution >= 0.6 is 11.6 Å². The first kappa shape index (κ1) is 19.8. The molecule has 0 bridgehead atoms. The van der Waals surface area contributed by atoms with Crippen molar-refractivity contribution in [2.24, 2.45) is 0 Å². The Labute approximate surface area is 159 Å². The number of hydrogen-bond acceptors (Lipinski definition) is 3. The monoisotopic (exact) mass is 373 g/mol. The highest BCUT2D eigenvalue weighted by Crippen LogP contribution is 2.23. The molecule has 138 valence electrons. The van der Waals surface area contributed by atoms with Gasteiger partial charge in [0, 0.05) is 35.2 Å². The lowest BCUT2D eigenvalue weighted by atomic mass is 10.1. The van der Waals surface area contributed by atoms with Gasteiger partial charge in [-0.05, 0) is 75.2 Å². The Morgan fingerprint density at radius 3 is 1.85 bits per heavy atom. The highest BCUT2D eigenvalue weighted by Gasteiger charge is 2.16. The standard InChI is InChI=1S/C20H24ClN3O2/c1-5-24(6-2)16-8-10-18(14(4)12-16)23-20(26)19(25)22-17-9-7-15(21)11-13(17)3/h7-12H,5-6H2,1-4H3,(H,22,25)(H,23,26). The lowest BCUT2D eigenvalue weighted by molar-refractivity contribution is -0.133. The number of amides is 2. The summed E-state index contributed by atoms with van der Waals surface area (Å²) in [5.74, 6) is -1.43. The third-order valence-electron chi connectivity index (χ3n) is 4.23. The van der Waals surface area contributed by atoms with Crippen LogP contribution in [0, 0.1) is 13.8 Å². The number of benzene rings is 2. The van der Waals surface area contributed by atoms with Crippen LogP contribution in [-0.4, -0.2) is 24.9 Å². The van der Waals surface area contributed by atoms with Gasteiger partial charge in [-0.1, -0.05) is 11.6 Å². The average molecular weight is 374 g/mol. The minimum Gasteiger partial charge on any atom is -0.372 e. The number of carbonyl (C=O) groups excluding carboxylic acids is 2. The molecule has 2 rings (SSSR count). The van der Waals surface area contributed by atoms with E-state index in [0.717, 1.165) is 29.9 Å². The summed E-state index contributed by atoms with van der Waals surface area (Å²) in [6.45, 7) is 9.73. The number of aryl methyl sites for hydroxylation is 2. The molecular weight excluding hydrogens is 350 g/mol. The van der Waals surface area contributed by atoms with Gasteiger partial charge in [-0.15, -0.1) is 0 Å². The molecule has 6 heteroatoms. The molecule has 0 spiro atoms. The van der Waals surface area contributed by atoms with Gasteiger partial charge in [0.25, 0.3) is 0 Å². The van der Waals surface area contributed by atoms with Gasteiger partial charge in [0.05, 0.1) is 0 Å². The smallest absolute Gasteiger partial charge is 0.314 e. The second kappa shape index (κ2) is 8.72. The highest BCUT2D eigenvalue weighted by atomic mass is 35.5. The van der Waals surface area contributed by atoms with Gasteiger partial charge in [-0.25, -0.2) is 0 Å². The van der Waals surface area contributed by atoms with Crippen molar-refractivity contribution in [2.45, 2.75) is 27.7 Å². The fourth-order valence-corrected chi connectivity index (χ4v) is 2.93. The Morgan fingerprint density at radius 1 is 0.885 bits per heavy atom. The summed E-state index contributed by atoms with van der Waals surface area (Å²) in [7, 11) is 0. The number of anilines is 3. The maximum atomic E-state index is 12.2. The number of halogens is 1. The van der Waals surface area contributed by atoms with Crippen LogP contribution in [-0.2, 0) is 9.59 Å². The lowest BCUT2D eigenvalue weighted by Crippen LogP contribution is -2.29. The first-order valence-electron chi connectivity index (χ1n) is 8.59. The summed E-state index contributed by atoms with van der Waals surface area (Å²) in [6.07, 6.45) is 0. The normalized spacial score (nSPS) is 10.3. The van der Waals surface area contributed by atoms with Gasteiger partial charge in [0.15, 0.2) is 0 Å². The molecule has 2 aromatic carbocycles. The van der Waals surface area contributed by atoms with Crippen molar-refractivity contribution in [3.63, 3.8) is 0 Å². The van der Waals surface area contributed by atoms with Crippen molar-refractivity contribution in [2.75, 3.05) is 28.6 Å². The summed E-state index contributed by atoms with van der Waals surface area (Å²) in [4.78, 5) is 26.6. The van der Waals surface area contributed by atoms with E-state index in [2.05, 4.69) is 29.4 Å². The topological polar surface area (TPSA) is 61.4 Å². The van der Waals surface area contributed by atoms with Gasteiger partial charge < -0.3 is 15.5 Å². The molecule has 5 nitrogen and oxygen atoms in total. The first-order chi connectivity index (χ1) is 12.3. The summed E-state index contributed by atoms with van der Waals surface area (Å²) >= 11 is 5.90. The number of nitrogens with one attached hydrogen (secondary N) is 2. The van der Waals surface area contributed by atoms with E-state index in [-0.39, 0.29) is 0 Å². The van der Waals surface area contributed by atoms with Crippen LogP contribution in [0.1, 0.15) is 25.0 Å². The van der Waals surface area contributed by atoms with Crippen molar-refractivity contribution < 1.29 is 9.59 Å². The summed E-state index contributed by atoms with van der Waals surface area (Å²) in [5.41, 5.74) is 3.96. The van der Waals surface area contributed by atoms with Gasteiger partial charge in [-0.3, -0.25) is 9.59 Å². The quantitative estimate of drug-likeness (QED) is 0.764. The van der Waals surface area contributed by atoms with Crippen molar-refractivity contribution in [1.29, 1.82) is 0 Å². The molecular formula is C20H24ClN3O2. The molecule has 0 radical (unpaired) electrons. The lowest BCUT2D eigenvalue weighted by Gasteiger charge is -2.22. The van der Waals surface area contributed by atoms with Crippen molar-refractivity contribution >= 4 is 40.5 Å². The average Bonchev–Trinajstić information content (AvgIpc) is 2.60.